The van der Waals surface area contributed by atoms with Crippen molar-refractivity contribution in [3.8, 4) is 22.5 Å². The number of anilines is 1. The highest BCUT2D eigenvalue weighted by atomic mass is 19.4. The number of aromatic nitrogens is 6. The highest BCUT2D eigenvalue weighted by Gasteiger charge is 2.34. The normalized spacial score (nSPS) is 11.6. The van der Waals surface area contributed by atoms with Crippen molar-refractivity contribution in [3.05, 3.63) is 84.6 Å². The SMILES string of the molecule is Cn1ccc(-c2cc(C(=O)Nc3c(-c4ccccc4)ncn4cnnc34)ccc2C(F)(F)F)n1. The number of carbonyl (C=O) groups is 1. The molecule has 0 spiro atoms. The highest BCUT2D eigenvalue weighted by Crippen LogP contribution is 2.37. The number of hydrogen-bond donors (Lipinski definition) is 1. The fourth-order valence-electron chi connectivity index (χ4n) is 3.62. The first-order chi connectivity index (χ1) is 16.3. The molecule has 0 aliphatic carbocycles. The predicted octanol–water partition coefficient (Wildman–Crippen LogP) is 4.46. The van der Waals surface area contributed by atoms with Gasteiger partial charge in [-0.1, -0.05) is 30.3 Å². The number of halogens is 3. The van der Waals surface area contributed by atoms with Crippen molar-refractivity contribution in [1.82, 2.24) is 29.4 Å². The van der Waals surface area contributed by atoms with E-state index in [4.69, 9.17) is 0 Å². The molecule has 170 valence electrons. The van der Waals surface area contributed by atoms with E-state index < -0.39 is 17.6 Å². The number of hydrogen-bond acceptors (Lipinski definition) is 5. The maximum Gasteiger partial charge on any atom is 0.417 e. The Labute approximate surface area is 190 Å². The van der Waals surface area contributed by atoms with Crippen LogP contribution in [-0.4, -0.2) is 35.3 Å². The lowest BCUT2D eigenvalue weighted by molar-refractivity contribution is -0.137. The monoisotopic (exact) mass is 463 g/mol. The first kappa shape index (κ1) is 21.3. The van der Waals surface area contributed by atoms with Crippen molar-refractivity contribution in [2.75, 3.05) is 5.32 Å². The lowest BCUT2D eigenvalue weighted by Gasteiger charge is -2.14. The van der Waals surface area contributed by atoms with Gasteiger partial charge in [-0.15, -0.1) is 10.2 Å². The molecule has 1 amide bonds. The van der Waals surface area contributed by atoms with Gasteiger partial charge in [-0.05, 0) is 24.3 Å². The Morgan fingerprint density at radius 3 is 2.53 bits per heavy atom. The van der Waals surface area contributed by atoms with Gasteiger partial charge in [0.1, 0.15) is 18.3 Å². The molecule has 0 radical (unpaired) electrons. The van der Waals surface area contributed by atoms with Gasteiger partial charge in [0.05, 0.1) is 17.0 Å². The molecule has 8 nitrogen and oxygen atoms in total. The average molecular weight is 463 g/mol. The number of fused-ring (bicyclic) bond motifs is 1. The zero-order chi connectivity index (χ0) is 23.9. The lowest BCUT2D eigenvalue weighted by Crippen LogP contribution is -2.16. The smallest absolute Gasteiger partial charge is 0.317 e. The summed E-state index contributed by atoms with van der Waals surface area (Å²) >= 11 is 0. The largest absolute Gasteiger partial charge is 0.417 e. The van der Waals surface area contributed by atoms with Crippen LogP contribution in [0.25, 0.3) is 28.2 Å². The molecule has 0 unspecified atom stereocenters. The Morgan fingerprint density at radius 1 is 1.03 bits per heavy atom. The maximum atomic E-state index is 13.6. The maximum absolute atomic E-state index is 13.6. The minimum absolute atomic E-state index is 0.0224. The number of alkyl halides is 3. The molecule has 11 heteroatoms. The van der Waals surface area contributed by atoms with E-state index in [1.165, 1.54) is 40.1 Å². The highest BCUT2D eigenvalue weighted by molar-refractivity contribution is 6.08. The van der Waals surface area contributed by atoms with Crippen LogP contribution in [-0.2, 0) is 13.2 Å². The van der Waals surface area contributed by atoms with Gasteiger partial charge in [-0.3, -0.25) is 13.9 Å². The molecule has 0 bridgehead atoms. The molecule has 34 heavy (non-hydrogen) atoms. The third-order valence-electron chi connectivity index (χ3n) is 5.21. The number of rotatable bonds is 4. The van der Waals surface area contributed by atoms with E-state index in [2.05, 4.69) is 25.6 Å². The summed E-state index contributed by atoms with van der Waals surface area (Å²) in [5, 5.41) is 14.8. The van der Waals surface area contributed by atoms with E-state index in [9.17, 15) is 18.0 Å². The predicted molar refractivity (Wildman–Crippen MR) is 118 cm³/mol. The van der Waals surface area contributed by atoms with E-state index in [0.29, 0.717) is 11.3 Å². The van der Waals surface area contributed by atoms with Gasteiger partial charge in [-0.2, -0.15) is 18.3 Å². The van der Waals surface area contributed by atoms with E-state index >= 15 is 0 Å². The number of carbonyl (C=O) groups excluding carboxylic acids is 1. The fourth-order valence-corrected chi connectivity index (χ4v) is 3.62. The number of aryl methyl sites for hydroxylation is 1. The van der Waals surface area contributed by atoms with E-state index in [1.807, 2.05) is 30.3 Å². The van der Waals surface area contributed by atoms with Crippen LogP contribution in [0.4, 0.5) is 18.9 Å². The molecule has 0 atom stereocenters. The van der Waals surface area contributed by atoms with Crippen molar-refractivity contribution in [2.45, 2.75) is 6.18 Å². The third kappa shape index (κ3) is 3.87. The topological polar surface area (TPSA) is 90.0 Å². The number of benzene rings is 2. The first-order valence-corrected chi connectivity index (χ1v) is 10.1. The van der Waals surface area contributed by atoms with E-state index in [-0.39, 0.29) is 22.5 Å². The molecule has 2 aromatic carbocycles. The van der Waals surface area contributed by atoms with Crippen LogP contribution in [0.1, 0.15) is 15.9 Å². The molecule has 0 saturated carbocycles. The zero-order valence-corrected chi connectivity index (χ0v) is 17.7. The van der Waals surface area contributed by atoms with Crippen molar-refractivity contribution in [3.63, 3.8) is 0 Å². The minimum Gasteiger partial charge on any atom is -0.317 e. The Kier molecular flexibility index (Phi) is 5.08. The van der Waals surface area contributed by atoms with Crippen LogP contribution < -0.4 is 5.32 Å². The van der Waals surface area contributed by atoms with Crippen LogP contribution in [0.15, 0.2) is 73.4 Å². The Hall–Kier alpha value is -4.54. The zero-order valence-electron chi connectivity index (χ0n) is 17.7. The Bertz CT molecular complexity index is 1510. The van der Waals surface area contributed by atoms with Gasteiger partial charge in [0.25, 0.3) is 5.91 Å². The summed E-state index contributed by atoms with van der Waals surface area (Å²) in [5.41, 5.74) is 0.868. The number of amides is 1. The van der Waals surface area contributed by atoms with Crippen LogP contribution in [0.2, 0.25) is 0 Å². The van der Waals surface area contributed by atoms with Crippen LogP contribution >= 0.6 is 0 Å². The van der Waals surface area contributed by atoms with Crippen LogP contribution in [0.3, 0.4) is 0 Å². The molecule has 5 aromatic rings. The molecular formula is C23H16F3N7O. The second-order valence-electron chi connectivity index (χ2n) is 7.48. The van der Waals surface area contributed by atoms with Gasteiger partial charge >= 0.3 is 6.18 Å². The standard InChI is InChI=1S/C23H16F3N7O/c1-32-10-9-18(31-32)16-11-15(7-8-17(16)23(24,25)26)22(34)29-20-19(14-5-3-2-4-6-14)27-12-33-13-28-30-21(20)33/h2-13H,1H3,(H,29,34). The molecule has 1 N–H and O–H groups in total. The second-order valence-corrected chi connectivity index (χ2v) is 7.48. The summed E-state index contributed by atoms with van der Waals surface area (Å²) in [6.07, 6.45) is -0.125. The second kappa shape index (κ2) is 8.10. The number of nitrogens with zero attached hydrogens (tertiary/aromatic N) is 6. The van der Waals surface area contributed by atoms with Crippen molar-refractivity contribution < 1.29 is 18.0 Å². The average Bonchev–Trinajstić information content (AvgIpc) is 3.48. The minimum atomic E-state index is -4.61. The van der Waals surface area contributed by atoms with Crippen molar-refractivity contribution >= 4 is 17.2 Å². The summed E-state index contributed by atoms with van der Waals surface area (Å²) < 4.78 is 43.8. The molecular weight excluding hydrogens is 447 g/mol. The van der Waals surface area contributed by atoms with Crippen molar-refractivity contribution in [1.29, 1.82) is 0 Å². The quantitative estimate of drug-likeness (QED) is 0.425. The molecule has 0 saturated heterocycles. The summed E-state index contributed by atoms with van der Waals surface area (Å²) in [6.45, 7) is 0. The van der Waals surface area contributed by atoms with Gasteiger partial charge in [-0.25, -0.2) is 4.98 Å². The molecule has 0 aliphatic heterocycles. The summed E-state index contributed by atoms with van der Waals surface area (Å²) in [7, 11) is 1.60. The molecule has 5 rings (SSSR count). The van der Waals surface area contributed by atoms with E-state index in [1.54, 1.807) is 7.05 Å². The van der Waals surface area contributed by atoms with Crippen LogP contribution in [0, 0.1) is 0 Å². The Morgan fingerprint density at radius 2 is 1.82 bits per heavy atom. The van der Waals surface area contributed by atoms with Crippen LogP contribution in [0.5, 0.6) is 0 Å². The summed E-state index contributed by atoms with van der Waals surface area (Å²) in [5.74, 6) is -0.624. The third-order valence-corrected chi connectivity index (χ3v) is 5.21. The molecule has 3 aromatic heterocycles. The van der Waals surface area contributed by atoms with Crippen molar-refractivity contribution in [2.24, 2.45) is 7.05 Å². The number of nitrogens with one attached hydrogen (secondary N) is 1. The van der Waals surface area contributed by atoms with Gasteiger partial charge in [0.2, 0.25) is 0 Å². The van der Waals surface area contributed by atoms with Gasteiger partial charge in [0.15, 0.2) is 5.65 Å². The molecule has 3 heterocycles. The molecule has 0 fully saturated rings. The Balaban J connectivity index is 1.59. The first-order valence-electron chi connectivity index (χ1n) is 10.1. The molecule has 0 aliphatic rings. The van der Waals surface area contributed by atoms with E-state index in [0.717, 1.165) is 17.7 Å². The van der Waals surface area contributed by atoms with Gasteiger partial charge < -0.3 is 5.32 Å². The summed E-state index contributed by atoms with van der Waals surface area (Å²) in [4.78, 5) is 17.6. The lowest BCUT2D eigenvalue weighted by atomic mass is 10.0. The fraction of sp³-hybridized carbons (Fsp3) is 0.0870. The summed E-state index contributed by atoms with van der Waals surface area (Å²) in [6, 6.07) is 13.8. The van der Waals surface area contributed by atoms with Gasteiger partial charge in [0, 0.05) is 29.9 Å².